The Kier molecular flexibility index (Phi) is 4.20. The lowest BCUT2D eigenvalue weighted by molar-refractivity contribution is -0.120. The molecule has 7 heteroatoms. The van der Waals surface area contributed by atoms with Crippen LogP contribution >= 0.6 is 0 Å². The number of aromatic nitrogens is 2. The molecule has 1 aliphatic heterocycles. The number of anilines is 1. The predicted octanol–water partition coefficient (Wildman–Crippen LogP) is 3.30. The quantitative estimate of drug-likeness (QED) is 0.575. The fraction of sp³-hybridized carbons (Fsp3) is 0.286. The van der Waals surface area contributed by atoms with Gasteiger partial charge in [-0.3, -0.25) is 4.79 Å². The predicted molar refractivity (Wildman–Crippen MR) is 105 cm³/mol. The number of amides is 1. The summed E-state index contributed by atoms with van der Waals surface area (Å²) in [7, 11) is 0. The van der Waals surface area contributed by atoms with Crippen LogP contribution in [0.25, 0.3) is 22.1 Å². The molecule has 0 saturated carbocycles. The van der Waals surface area contributed by atoms with Gasteiger partial charge in [-0.15, -0.1) is 0 Å². The Labute approximate surface area is 161 Å². The number of oxazole rings is 1. The average Bonchev–Trinajstić information content (AvgIpc) is 3.44. The van der Waals surface area contributed by atoms with Gasteiger partial charge in [-0.2, -0.15) is 4.98 Å². The van der Waals surface area contributed by atoms with Crippen molar-refractivity contribution in [3.63, 3.8) is 0 Å². The molecule has 1 amide bonds. The summed E-state index contributed by atoms with van der Waals surface area (Å²) in [5.74, 6) is -0.0662. The molecule has 7 nitrogen and oxygen atoms in total. The van der Waals surface area contributed by atoms with Gasteiger partial charge in [0.2, 0.25) is 5.91 Å². The zero-order valence-electron chi connectivity index (χ0n) is 15.3. The molecular formula is C21H20N4O3. The van der Waals surface area contributed by atoms with E-state index in [2.05, 4.69) is 20.4 Å². The van der Waals surface area contributed by atoms with Crippen LogP contribution in [0.1, 0.15) is 18.5 Å². The van der Waals surface area contributed by atoms with E-state index in [0.29, 0.717) is 23.8 Å². The average molecular weight is 376 g/mol. The van der Waals surface area contributed by atoms with Crippen LogP contribution in [-0.2, 0) is 11.2 Å². The third kappa shape index (κ3) is 3.09. The van der Waals surface area contributed by atoms with Crippen LogP contribution in [0.4, 0.5) is 6.01 Å². The Hall–Kier alpha value is -3.35. The highest BCUT2D eigenvalue weighted by atomic mass is 16.5. The number of carbonyl (C=O) groups excluding carboxylic acids is 1. The molecule has 1 unspecified atom stereocenters. The molecule has 2 aromatic heterocycles. The molecule has 0 aliphatic carbocycles. The molecule has 4 aromatic rings. The zero-order chi connectivity index (χ0) is 18.9. The third-order valence-corrected chi connectivity index (χ3v) is 5.22. The second-order valence-corrected chi connectivity index (χ2v) is 7.06. The van der Waals surface area contributed by atoms with Crippen molar-refractivity contribution in [3.05, 3.63) is 54.2 Å². The first-order valence-electron chi connectivity index (χ1n) is 9.50. The van der Waals surface area contributed by atoms with Crippen LogP contribution in [-0.4, -0.2) is 35.2 Å². The van der Waals surface area contributed by atoms with Crippen molar-refractivity contribution >= 4 is 34.0 Å². The summed E-state index contributed by atoms with van der Waals surface area (Å²) in [6.45, 7) is 1.43. The molecule has 1 aliphatic rings. The number of benzene rings is 2. The summed E-state index contributed by atoms with van der Waals surface area (Å²) >= 11 is 0. The molecule has 0 radical (unpaired) electrons. The minimum Gasteiger partial charge on any atom is -0.423 e. The fourth-order valence-electron chi connectivity index (χ4n) is 3.79. The zero-order valence-corrected chi connectivity index (χ0v) is 15.3. The first-order valence-corrected chi connectivity index (χ1v) is 9.50. The van der Waals surface area contributed by atoms with Gasteiger partial charge in [0.05, 0.1) is 12.5 Å². The monoisotopic (exact) mass is 376 g/mol. The first kappa shape index (κ1) is 16.8. The number of para-hydroxylation sites is 3. The Morgan fingerprint density at radius 2 is 1.96 bits per heavy atom. The molecule has 0 spiro atoms. The maximum atomic E-state index is 12.4. The van der Waals surface area contributed by atoms with Crippen molar-refractivity contribution in [1.29, 1.82) is 0 Å². The van der Waals surface area contributed by atoms with Gasteiger partial charge < -0.3 is 19.2 Å². The number of hydrogen-bond acceptors (Lipinski definition) is 6. The molecule has 1 saturated heterocycles. The number of nitrogens with one attached hydrogen (secondary N) is 1. The lowest BCUT2D eigenvalue weighted by Gasteiger charge is -2.22. The largest absolute Gasteiger partial charge is 0.423 e. The van der Waals surface area contributed by atoms with Crippen LogP contribution in [0.5, 0.6) is 0 Å². The van der Waals surface area contributed by atoms with Crippen molar-refractivity contribution < 1.29 is 13.7 Å². The minimum absolute atomic E-state index is 0.0662. The van der Waals surface area contributed by atoms with E-state index >= 15 is 0 Å². The molecule has 5 rings (SSSR count). The molecular weight excluding hydrogens is 356 g/mol. The van der Waals surface area contributed by atoms with Crippen molar-refractivity contribution in [3.8, 4) is 0 Å². The van der Waals surface area contributed by atoms with E-state index in [1.165, 1.54) is 0 Å². The maximum Gasteiger partial charge on any atom is 0.298 e. The maximum absolute atomic E-state index is 12.4. The summed E-state index contributed by atoms with van der Waals surface area (Å²) in [5, 5.41) is 7.94. The molecule has 2 aromatic carbocycles. The number of nitrogens with zero attached hydrogens (tertiary/aromatic N) is 3. The summed E-state index contributed by atoms with van der Waals surface area (Å²) < 4.78 is 11.2. The first-order chi connectivity index (χ1) is 13.8. The highest BCUT2D eigenvalue weighted by Crippen LogP contribution is 2.28. The Bertz CT molecular complexity index is 1100. The number of fused-ring (bicyclic) bond motifs is 2. The second-order valence-electron chi connectivity index (χ2n) is 7.06. The summed E-state index contributed by atoms with van der Waals surface area (Å²) in [6, 6.07) is 16.1. The van der Waals surface area contributed by atoms with Crippen molar-refractivity contribution in [2.45, 2.75) is 25.3 Å². The second kappa shape index (κ2) is 6.99. The summed E-state index contributed by atoms with van der Waals surface area (Å²) in [4.78, 5) is 19.2. The Balaban J connectivity index is 1.24. The number of carbonyl (C=O) groups is 1. The van der Waals surface area contributed by atoms with Gasteiger partial charge in [0.25, 0.3) is 6.01 Å². The smallest absolute Gasteiger partial charge is 0.298 e. The fourth-order valence-corrected chi connectivity index (χ4v) is 3.79. The third-order valence-electron chi connectivity index (χ3n) is 5.22. The van der Waals surface area contributed by atoms with Crippen LogP contribution in [0.2, 0.25) is 0 Å². The highest BCUT2D eigenvalue weighted by molar-refractivity contribution is 5.86. The van der Waals surface area contributed by atoms with Gasteiger partial charge in [0.1, 0.15) is 11.2 Å². The van der Waals surface area contributed by atoms with Gasteiger partial charge in [-0.05, 0) is 37.1 Å². The van der Waals surface area contributed by atoms with Crippen LogP contribution in [0, 0.1) is 0 Å². The van der Waals surface area contributed by atoms with E-state index < -0.39 is 0 Å². The molecule has 28 heavy (non-hydrogen) atoms. The molecule has 0 bridgehead atoms. The molecule has 3 heterocycles. The Morgan fingerprint density at radius 3 is 2.86 bits per heavy atom. The summed E-state index contributed by atoms with van der Waals surface area (Å²) in [5.41, 5.74) is 2.99. The van der Waals surface area contributed by atoms with Crippen LogP contribution in [0.15, 0.2) is 57.5 Å². The SMILES string of the molecule is O=C(Cc1noc2ccccc12)NCC1CCCN1c1nc2ccccc2o1. The topological polar surface area (TPSA) is 84.4 Å². The van der Waals surface area contributed by atoms with Crippen molar-refractivity contribution in [2.24, 2.45) is 0 Å². The lowest BCUT2D eigenvalue weighted by Crippen LogP contribution is -2.40. The Morgan fingerprint density at radius 1 is 1.14 bits per heavy atom. The van der Waals surface area contributed by atoms with Gasteiger partial charge >= 0.3 is 0 Å². The van der Waals surface area contributed by atoms with Gasteiger partial charge in [-0.25, -0.2) is 0 Å². The van der Waals surface area contributed by atoms with E-state index in [-0.39, 0.29) is 18.4 Å². The molecule has 1 fully saturated rings. The standard InChI is InChI=1S/C21H20N4O3/c26-20(12-17-15-7-1-3-9-18(15)28-24-17)22-13-14-6-5-11-25(14)21-23-16-8-2-4-10-19(16)27-21/h1-4,7-10,14H,5-6,11-13H2,(H,22,26). The van der Waals surface area contributed by atoms with Crippen LogP contribution in [0.3, 0.4) is 0 Å². The van der Waals surface area contributed by atoms with E-state index in [9.17, 15) is 4.79 Å². The van der Waals surface area contributed by atoms with Crippen LogP contribution < -0.4 is 10.2 Å². The number of hydrogen-bond donors (Lipinski definition) is 1. The van der Waals surface area contributed by atoms with Crippen molar-refractivity contribution in [1.82, 2.24) is 15.5 Å². The van der Waals surface area contributed by atoms with E-state index in [4.69, 9.17) is 8.94 Å². The molecule has 142 valence electrons. The normalized spacial score (nSPS) is 16.9. The summed E-state index contributed by atoms with van der Waals surface area (Å²) in [6.07, 6.45) is 2.24. The van der Waals surface area contributed by atoms with Gasteiger partial charge in [-0.1, -0.05) is 29.4 Å². The lowest BCUT2D eigenvalue weighted by atomic mass is 10.1. The molecule has 1 atom stereocenters. The highest BCUT2D eigenvalue weighted by Gasteiger charge is 2.28. The van der Waals surface area contributed by atoms with E-state index in [1.807, 2.05) is 48.5 Å². The van der Waals surface area contributed by atoms with Gasteiger partial charge in [0, 0.05) is 18.5 Å². The van der Waals surface area contributed by atoms with Gasteiger partial charge in [0.15, 0.2) is 11.2 Å². The molecule has 1 N–H and O–H groups in total. The van der Waals surface area contributed by atoms with Crippen molar-refractivity contribution in [2.75, 3.05) is 18.0 Å². The minimum atomic E-state index is -0.0662. The van der Waals surface area contributed by atoms with E-state index in [1.54, 1.807) is 0 Å². The number of rotatable bonds is 5. The van der Waals surface area contributed by atoms with E-state index in [0.717, 1.165) is 35.9 Å².